The molecule has 2 nitrogen and oxygen atoms in total. The zero-order chi connectivity index (χ0) is 9.80. The van der Waals surface area contributed by atoms with Crippen molar-refractivity contribution in [2.75, 3.05) is 12.3 Å². The Hall–Kier alpha value is -1.06. The molecule has 0 radical (unpaired) electrons. The number of nitrogens with zero attached hydrogens (tertiary/aromatic N) is 1. The largest absolute Gasteiger partial charge is 0.330 e. The summed E-state index contributed by atoms with van der Waals surface area (Å²) < 4.78 is 0. The smallest absolute Gasteiger partial charge is 0.0837 e. The molecule has 0 atom stereocenters. The summed E-state index contributed by atoms with van der Waals surface area (Å²) in [7, 11) is 0. The van der Waals surface area contributed by atoms with E-state index in [0.717, 1.165) is 11.3 Å². The van der Waals surface area contributed by atoms with Crippen LogP contribution in [-0.2, 0) is 0 Å². The van der Waals surface area contributed by atoms with Crippen molar-refractivity contribution >= 4 is 22.7 Å². The molecule has 72 valence electrons. The van der Waals surface area contributed by atoms with Gasteiger partial charge in [0.1, 0.15) is 0 Å². The van der Waals surface area contributed by atoms with E-state index in [1.807, 2.05) is 12.3 Å². The number of rotatable bonds is 3. The lowest BCUT2D eigenvalue weighted by Crippen LogP contribution is -2.00. The van der Waals surface area contributed by atoms with Gasteiger partial charge in [-0.3, -0.25) is 4.98 Å². The Morgan fingerprint density at radius 1 is 1.21 bits per heavy atom. The van der Waals surface area contributed by atoms with Gasteiger partial charge in [0.05, 0.1) is 5.52 Å². The molecule has 2 N–H and O–H groups in total. The second-order valence-corrected chi connectivity index (χ2v) is 4.11. The minimum absolute atomic E-state index is 0.702. The zero-order valence-electron chi connectivity index (χ0n) is 7.81. The topological polar surface area (TPSA) is 38.9 Å². The van der Waals surface area contributed by atoms with Gasteiger partial charge >= 0.3 is 0 Å². The maximum absolute atomic E-state index is 5.48. The van der Waals surface area contributed by atoms with Crippen molar-refractivity contribution in [3.8, 4) is 0 Å². The highest BCUT2D eigenvalue weighted by Crippen LogP contribution is 2.25. The van der Waals surface area contributed by atoms with Crippen molar-refractivity contribution in [3.05, 3.63) is 36.5 Å². The summed E-state index contributed by atoms with van der Waals surface area (Å²) in [4.78, 5) is 5.59. The van der Waals surface area contributed by atoms with Gasteiger partial charge in [0.2, 0.25) is 0 Å². The molecule has 0 aliphatic carbocycles. The second kappa shape index (κ2) is 4.44. The molecule has 2 aromatic rings. The average molecular weight is 204 g/mol. The van der Waals surface area contributed by atoms with Crippen LogP contribution in [0.25, 0.3) is 10.9 Å². The van der Waals surface area contributed by atoms with E-state index < -0.39 is 0 Å². The van der Waals surface area contributed by atoms with Crippen molar-refractivity contribution in [1.29, 1.82) is 0 Å². The third-order valence-corrected chi connectivity index (χ3v) is 3.05. The van der Waals surface area contributed by atoms with E-state index in [2.05, 4.69) is 29.2 Å². The van der Waals surface area contributed by atoms with E-state index in [4.69, 9.17) is 5.73 Å². The van der Waals surface area contributed by atoms with Crippen molar-refractivity contribution < 1.29 is 0 Å². The minimum atomic E-state index is 0.702. The Morgan fingerprint density at radius 2 is 2.07 bits per heavy atom. The average Bonchev–Trinajstić information content (AvgIpc) is 2.26. The Kier molecular flexibility index (Phi) is 3.01. The van der Waals surface area contributed by atoms with Crippen LogP contribution >= 0.6 is 11.8 Å². The lowest BCUT2D eigenvalue weighted by Gasteiger charge is -2.03. The Morgan fingerprint density at radius 3 is 2.93 bits per heavy atom. The molecule has 0 fully saturated rings. The van der Waals surface area contributed by atoms with Crippen LogP contribution < -0.4 is 5.73 Å². The standard InChI is InChI=1S/C11H12N2S/c12-6-8-14-10-5-1-3-9-4-2-7-13-11(9)10/h1-5,7H,6,8,12H2. The van der Waals surface area contributed by atoms with E-state index in [1.54, 1.807) is 11.8 Å². The first-order valence-corrected chi connectivity index (χ1v) is 5.57. The summed E-state index contributed by atoms with van der Waals surface area (Å²) in [5.41, 5.74) is 6.56. The van der Waals surface area contributed by atoms with Crippen LogP contribution in [-0.4, -0.2) is 17.3 Å². The molecule has 0 saturated heterocycles. The van der Waals surface area contributed by atoms with Crippen molar-refractivity contribution in [1.82, 2.24) is 4.98 Å². The van der Waals surface area contributed by atoms with Gasteiger partial charge in [0.25, 0.3) is 0 Å². The van der Waals surface area contributed by atoms with E-state index >= 15 is 0 Å². The first-order valence-electron chi connectivity index (χ1n) is 4.58. The third kappa shape index (κ3) is 1.89. The summed E-state index contributed by atoms with van der Waals surface area (Å²) in [6.07, 6.45) is 1.83. The van der Waals surface area contributed by atoms with Crippen LogP contribution in [0.4, 0.5) is 0 Å². The van der Waals surface area contributed by atoms with Gasteiger partial charge in [-0.05, 0) is 12.1 Å². The molecule has 0 spiro atoms. The lowest BCUT2D eigenvalue weighted by molar-refractivity contribution is 1.15. The highest BCUT2D eigenvalue weighted by molar-refractivity contribution is 7.99. The SMILES string of the molecule is NCCSc1cccc2cccnc12. The Balaban J connectivity index is 2.43. The number of nitrogens with two attached hydrogens (primary N) is 1. The number of hydrogen-bond acceptors (Lipinski definition) is 3. The fourth-order valence-electron chi connectivity index (χ4n) is 1.36. The molecule has 1 aromatic heterocycles. The molecule has 0 amide bonds. The highest BCUT2D eigenvalue weighted by atomic mass is 32.2. The van der Waals surface area contributed by atoms with Crippen molar-refractivity contribution in [2.45, 2.75) is 4.90 Å². The van der Waals surface area contributed by atoms with Crippen LogP contribution in [0, 0.1) is 0 Å². The molecule has 0 aliphatic heterocycles. The van der Waals surface area contributed by atoms with E-state index in [9.17, 15) is 0 Å². The fourth-order valence-corrected chi connectivity index (χ4v) is 2.18. The first kappa shape index (κ1) is 9.49. The molecule has 3 heteroatoms. The molecule has 0 bridgehead atoms. The molecule has 0 unspecified atom stereocenters. The van der Waals surface area contributed by atoms with Crippen molar-refractivity contribution in [2.24, 2.45) is 5.73 Å². The molecule has 1 heterocycles. The predicted octanol–water partition coefficient (Wildman–Crippen LogP) is 2.29. The first-order chi connectivity index (χ1) is 6.92. The Bertz CT molecular complexity index is 423. The highest BCUT2D eigenvalue weighted by Gasteiger charge is 2.00. The summed E-state index contributed by atoms with van der Waals surface area (Å²) in [5, 5.41) is 1.19. The predicted molar refractivity (Wildman–Crippen MR) is 61.5 cm³/mol. The third-order valence-electron chi connectivity index (χ3n) is 1.97. The number of thioether (sulfide) groups is 1. The van der Waals surface area contributed by atoms with Crippen LogP contribution in [0.2, 0.25) is 0 Å². The fraction of sp³-hybridized carbons (Fsp3) is 0.182. The quantitative estimate of drug-likeness (QED) is 0.780. The number of fused-ring (bicyclic) bond motifs is 1. The van der Waals surface area contributed by atoms with E-state index in [0.29, 0.717) is 6.54 Å². The monoisotopic (exact) mass is 204 g/mol. The van der Waals surface area contributed by atoms with Gasteiger partial charge in [-0.1, -0.05) is 18.2 Å². The van der Waals surface area contributed by atoms with Gasteiger partial charge in [-0.25, -0.2) is 0 Å². The molecule has 0 saturated carbocycles. The molecule has 1 aromatic carbocycles. The van der Waals surface area contributed by atoms with Gasteiger partial charge in [-0.2, -0.15) is 0 Å². The number of para-hydroxylation sites is 1. The van der Waals surface area contributed by atoms with Gasteiger partial charge in [0, 0.05) is 28.8 Å². The van der Waals surface area contributed by atoms with E-state index in [-0.39, 0.29) is 0 Å². The maximum Gasteiger partial charge on any atom is 0.0837 e. The van der Waals surface area contributed by atoms with Crippen LogP contribution in [0.3, 0.4) is 0 Å². The maximum atomic E-state index is 5.48. The second-order valence-electron chi connectivity index (χ2n) is 2.97. The lowest BCUT2D eigenvalue weighted by atomic mass is 10.2. The van der Waals surface area contributed by atoms with Crippen molar-refractivity contribution in [3.63, 3.8) is 0 Å². The summed E-state index contributed by atoms with van der Waals surface area (Å²) in [6.45, 7) is 0.702. The Labute approximate surface area is 87.5 Å². The normalized spacial score (nSPS) is 10.6. The zero-order valence-corrected chi connectivity index (χ0v) is 8.63. The van der Waals surface area contributed by atoms with Gasteiger partial charge < -0.3 is 5.73 Å². The summed E-state index contributed by atoms with van der Waals surface area (Å²) in [6, 6.07) is 10.3. The van der Waals surface area contributed by atoms with Gasteiger partial charge in [-0.15, -0.1) is 11.8 Å². The molecule has 14 heavy (non-hydrogen) atoms. The molecule has 2 rings (SSSR count). The molecular weight excluding hydrogens is 192 g/mol. The van der Waals surface area contributed by atoms with E-state index in [1.165, 1.54) is 10.3 Å². The van der Waals surface area contributed by atoms with Crippen LogP contribution in [0.1, 0.15) is 0 Å². The number of benzene rings is 1. The number of aromatic nitrogens is 1. The number of pyridine rings is 1. The summed E-state index contributed by atoms with van der Waals surface area (Å²) in [5.74, 6) is 0.940. The van der Waals surface area contributed by atoms with Crippen LogP contribution in [0.15, 0.2) is 41.4 Å². The van der Waals surface area contributed by atoms with Crippen LogP contribution in [0.5, 0.6) is 0 Å². The summed E-state index contributed by atoms with van der Waals surface area (Å²) >= 11 is 1.76. The molecule has 0 aliphatic rings. The minimum Gasteiger partial charge on any atom is -0.330 e. The number of hydrogen-bond donors (Lipinski definition) is 1. The van der Waals surface area contributed by atoms with Gasteiger partial charge in [0.15, 0.2) is 0 Å². The molecular formula is C11H12N2S.